The number of benzene rings is 1. The van der Waals surface area contributed by atoms with Gasteiger partial charge in [0.05, 0.1) is 15.7 Å². The van der Waals surface area contributed by atoms with Crippen molar-refractivity contribution in [2.24, 2.45) is 0 Å². The third-order valence-corrected chi connectivity index (χ3v) is 4.40. The van der Waals surface area contributed by atoms with E-state index in [1.807, 2.05) is 32.0 Å². The Hall–Kier alpha value is -1.07. The van der Waals surface area contributed by atoms with Crippen LogP contribution >= 0.6 is 31.9 Å². The highest BCUT2D eigenvalue weighted by Crippen LogP contribution is 2.29. The lowest BCUT2D eigenvalue weighted by molar-refractivity contribution is 0.102. The van der Waals surface area contributed by atoms with Crippen LogP contribution in [0.5, 0.6) is 0 Å². The van der Waals surface area contributed by atoms with Crippen molar-refractivity contribution in [2.75, 3.05) is 5.32 Å². The average Bonchev–Trinajstić information content (AvgIpc) is 2.57. The fraction of sp³-hybridized carbons (Fsp3) is 0.214. The Morgan fingerprint density at radius 3 is 2.37 bits per heavy atom. The largest absolute Gasteiger partial charge is 0.465 e. The third kappa shape index (κ3) is 2.92. The fourth-order valence-electron chi connectivity index (χ4n) is 1.82. The first-order valence-corrected chi connectivity index (χ1v) is 7.31. The molecule has 1 aromatic carbocycles. The first-order chi connectivity index (χ1) is 8.90. The fourth-order valence-corrected chi connectivity index (χ4v) is 2.95. The van der Waals surface area contributed by atoms with Crippen LogP contribution in [0.3, 0.4) is 0 Å². The number of hydrogen-bond donors (Lipinski definition) is 1. The molecule has 0 saturated carbocycles. The van der Waals surface area contributed by atoms with Gasteiger partial charge in [0, 0.05) is 4.47 Å². The molecule has 3 nitrogen and oxygen atoms in total. The second-order valence-corrected chi connectivity index (χ2v) is 5.99. The maximum Gasteiger partial charge on any atom is 0.260 e. The molecule has 5 heteroatoms. The number of rotatable bonds is 2. The standard InChI is InChI=1S/C14H13Br2NO2/c1-7-4-5-11(10(15)6-7)17-14(18)12-8(2)19-9(3)13(12)16/h4-6H,1-3H3,(H,17,18). The average molecular weight is 387 g/mol. The predicted molar refractivity (Wildman–Crippen MR) is 82.7 cm³/mol. The van der Waals surface area contributed by atoms with E-state index >= 15 is 0 Å². The van der Waals surface area contributed by atoms with Gasteiger partial charge in [0.25, 0.3) is 5.91 Å². The van der Waals surface area contributed by atoms with Gasteiger partial charge in [-0.3, -0.25) is 4.79 Å². The van der Waals surface area contributed by atoms with Gasteiger partial charge in [-0.25, -0.2) is 0 Å². The van der Waals surface area contributed by atoms with Gasteiger partial charge in [-0.05, 0) is 70.3 Å². The molecule has 0 aliphatic rings. The van der Waals surface area contributed by atoms with Crippen LogP contribution in [0.4, 0.5) is 5.69 Å². The first-order valence-electron chi connectivity index (χ1n) is 5.73. The van der Waals surface area contributed by atoms with Crippen molar-refractivity contribution in [2.45, 2.75) is 20.8 Å². The number of nitrogens with one attached hydrogen (secondary N) is 1. The number of carbonyl (C=O) groups is 1. The van der Waals surface area contributed by atoms with Gasteiger partial charge in [0.15, 0.2) is 0 Å². The number of anilines is 1. The summed E-state index contributed by atoms with van der Waals surface area (Å²) in [5.74, 6) is 1.11. The molecule has 0 aliphatic carbocycles. The van der Waals surface area contributed by atoms with Gasteiger partial charge in [-0.15, -0.1) is 0 Å². The predicted octanol–water partition coefficient (Wildman–Crippen LogP) is 4.98. The van der Waals surface area contributed by atoms with Crippen molar-refractivity contribution in [3.8, 4) is 0 Å². The number of halogens is 2. The van der Waals surface area contributed by atoms with Crippen molar-refractivity contribution < 1.29 is 9.21 Å². The molecule has 2 aromatic rings. The molecule has 0 radical (unpaired) electrons. The van der Waals surface area contributed by atoms with E-state index in [1.165, 1.54) is 0 Å². The summed E-state index contributed by atoms with van der Waals surface area (Å²) in [7, 11) is 0. The quantitative estimate of drug-likeness (QED) is 0.790. The molecule has 19 heavy (non-hydrogen) atoms. The lowest BCUT2D eigenvalue weighted by atomic mass is 10.2. The van der Waals surface area contributed by atoms with Gasteiger partial charge in [-0.2, -0.15) is 0 Å². The minimum absolute atomic E-state index is 0.189. The summed E-state index contributed by atoms with van der Waals surface area (Å²) in [6, 6.07) is 5.77. The molecule has 0 unspecified atom stereocenters. The summed E-state index contributed by atoms with van der Waals surface area (Å²) in [5, 5.41) is 2.87. The Labute approximate surface area is 128 Å². The van der Waals surface area contributed by atoms with Gasteiger partial charge in [0.1, 0.15) is 11.5 Å². The van der Waals surface area contributed by atoms with Crippen LogP contribution in [0, 0.1) is 20.8 Å². The van der Waals surface area contributed by atoms with Crippen LogP contribution in [0.25, 0.3) is 0 Å². The van der Waals surface area contributed by atoms with Crippen LogP contribution in [0.1, 0.15) is 27.4 Å². The van der Waals surface area contributed by atoms with E-state index in [-0.39, 0.29) is 5.91 Å². The lowest BCUT2D eigenvalue weighted by Crippen LogP contribution is -2.13. The Balaban J connectivity index is 2.31. The topological polar surface area (TPSA) is 42.2 Å². The number of furan rings is 1. The van der Waals surface area contributed by atoms with E-state index < -0.39 is 0 Å². The van der Waals surface area contributed by atoms with E-state index in [4.69, 9.17) is 4.42 Å². The second-order valence-electron chi connectivity index (χ2n) is 4.34. The zero-order chi connectivity index (χ0) is 14.2. The molecule has 1 amide bonds. The van der Waals surface area contributed by atoms with Crippen LogP contribution in [0.15, 0.2) is 31.6 Å². The SMILES string of the molecule is Cc1ccc(NC(=O)c2c(C)oc(C)c2Br)c(Br)c1. The van der Waals surface area contributed by atoms with Gasteiger partial charge < -0.3 is 9.73 Å². The maximum atomic E-state index is 12.3. The summed E-state index contributed by atoms with van der Waals surface area (Å²) in [6.45, 7) is 5.59. The molecule has 100 valence electrons. The van der Waals surface area contributed by atoms with Gasteiger partial charge >= 0.3 is 0 Å². The van der Waals surface area contributed by atoms with Crippen LogP contribution in [-0.4, -0.2) is 5.91 Å². The molecular weight excluding hydrogens is 374 g/mol. The van der Waals surface area contributed by atoms with Gasteiger partial charge in [-0.1, -0.05) is 6.07 Å². The molecule has 0 fully saturated rings. The zero-order valence-corrected chi connectivity index (χ0v) is 14.0. The molecule has 1 heterocycles. The first kappa shape index (κ1) is 14.3. The van der Waals surface area contributed by atoms with Crippen LogP contribution in [-0.2, 0) is 0 Å². The molecule has 1 aromatic heterocycles. The van der Waals surface area contributed by atoms with E-state index in [2.05, 4.69) is 37.2 Å². The Morgan fingerprint density at radius 1 is 1.16 bits per heavy atom. The molecule has 0 atom stereocenters. The number of amides is 1. The summed E-state index contributed by atoms with van der Waals surface area (Å²) < 4.78 is 6.99. The van der Waals surface area contributed by atoms with E-state index in [9.17, 15) is 4.79 Å². The maximum absolute atomic E-state index is 12.3. The Morgan fingerprint density at radius 2 is 1.84 bits per heavy atom. The highest BCUT2D eigenvalue weighted by atomic mass is 79.9. The summed E-state index contributed by atoms with van der Waals surface area (Å²) in [6.07, 6.45) is 0. The van der Waals surface area contributed by atoms with E-state index in [1.54, 1.807) is 6.92 Å². The van der Waals surface area contributed by atoms with Crippen molar-refractivity contribution in [3.63, 3.8) is 0 Å². The molecule has 0 aliphatic heterocycles. The third-order valence-electron chi connectivity index (χ3n) is 2.79. The second kappa shape index (κ2) is 5.51. The molecule has 1 N–H and O–H groups in total. The molecule has 0 saturated heterocycles. The van der Waals surface area contributed by atoms with Crippen molar-refractivity contribution >= 4 is 43.5 Å². The lowest BCUT2D eigenvalue weighted by Gasteiger charge is -2.08. The summed E-state index contributed by atoms with van der Waals surface area (Å²) >= 11 is 6.82. The molecule has 0 bridgehead atoms. The Bertz CT molecular complexity index is 647. The van der Waals surface area contributed by atoms with Crippen LogP contribution < -0.4 is 5.32 Å². The van der Waals surface area contributed by atoms with Gasteiger partial charge in [0.2, 0.25) is 0 Å². The molecule has 2 rings (SSSR count). The number of hydrogen-bond acceptors (Lipinski definition) is 2. The summed E-state index contributed by atoms with van der Waals surface area (Å²) in [5.41, 5.74) is 2.40. The highest BCUT2D eigenvalue weighted by molar-refractivity contribution is 9.11. The monoisotopic (exact) mass is 385 g/mol. The minimum atomic E-state index is -0.189. The minimum Gasteiger partial charge on any atom is -0.465 e. The van der Waals surface area contributed by atoms with Crippen molar-refractivity contribution in [3.05, 3.63) is 49.8 Å². The van der Waals surface area contributed by atoms with Crippen molar-refractivity contribution in [1.82, 2.24) is 0 Å². The van der Waals surface area contributed by atoms with Crippen LogP contribution in [0.2, 0.25) is 0 Å². The smallest absolute Gasteiger partial charge is 0.260 e. The number of aryl methyl sites for hydroxylation is 3. The summed E-state index contributed by atoms with van der Waals surface area (Å²) in [4.78, 5) is 12.3. The number of carbonyl (C=O) groups excluding carboxylic acids is 1. The molecular formula is C14H13Br2NO2. The Kier molecular flexibility index (Phi) is 4.16. The van der Waals surface area contributed by atoms with Crippen molar-refractivity contribution in [1.29, 1.82) is 0 Å². The zero-order valence-electron chi connectivity index (χ0n) is 10.8. The molecule has 0 spiro atoms. The van der Waals surface area contributed by atoms with E-state index in [0.717, 1.165) is 15.7 Å². The highest BCUT2D eigenvalue weighted by Gasteiger charge is 2.20. The normalized spacial score (nSPS) is 10.6. The van der Waals surface area contributed by atoms with E-state index in [0.29, 0.717) is 21.6 Å².